The number of aromatic nitrogens is 3. The molecule has 0 saturated heterocycles. The van der Waals surface area contributed by atoms with Gasteiger partial charge in [-0.1, -0.05) is 29.8 Å². The Bertz CT molecular complexity index is 767. The Morgan fingerprint density at radius 2 is 2.05 bits per heavy atom. The summed E-state index contributed by atoms with van der Waals surface area (Å²) < 4.78 is 7.80. The molecule has 2 heterocycles. The van der Waals surface area contributed by atoms with Crippen LogP contribution in [0.2, 0.25) is 5.02 Å². The number of pyridine rings is 1. The monoisotopic (exact) mass is 287 g/mol. The molecule has 0 spiro atoms. The molecule has 0 saturated carbocycles. The maximum Gasteiger partial charge on any atom is 0.242 e. The molecule has 5 heteroatoms. The molecule has 0 aliphatic rings. The topological polar surface area (TPSA) is 39.9 Å². The second-order valence-electron chi connectivity index (χ2n) is 4.58. The first-order valence-corrected chi connectivity index (χ1v) is 6.69. The molecule has 1 aromatic carbocycles. The first-order valence-electron chi connectivity index (χ1n) is 6.31. The fourth-order valence-electron chi connectivity index (χ4n) is 2.08. The van der Waals surface area contributed by atoms with Gasteiger partial charge in [-0.05, 0) is 19.1 Å². The number of benzene rings is 1. The molecule has 0 radical (unpaired) electrons. The highest BCUT2D eigenvalue weighted by Gasteiger charge is 2.11. The van der Waals surface area contributed by atoms with Crippen LogP contribution in [0.1, 0.15) is 11.4 Å². The van der Waals surface area contributed by atoms with Crippen molar-refractivity contribution in [2.75, 3.05) is 0 Å². The van der Waals surface area contributed by atoms with Gasteiger partial charge in [0.05, 0.1) is 5.52 Å². The summed E-state index contributed by atoms with van der Waals surface area (Å²) in [7, 11) is 1.97. The summed E-state index contributed by atoms with van der Waals surface area (Å²) in [6.07, 6.45) is 1.73. The Labute approximate surface area is 122 Å². The minimum absolute atomic E-state index is 0.376. The van der Waals surface area contributed by atoms with Gasteiger partial charge >= 0.3 is 0 Å². The van der Waals surface area contributed by atoms with Gasteiger partial charge in [-0.2, -0.15) is 0 Å². The van der Waals surface area contributed by atoms with Crippen LogP contribution in [-0.4, -0.2) is 14.5 Å². The summed E-state index contributed by atoms with van der Waals surface area (Å²) in [6, 6.07) is 9.54. The lowest BCUT2D eigenvalue weighted by Crippen LogP contribution is -1.98. The van der Waals surface area contributed by atoms with Crippen LogP contribution in [0.4, 0.5) is 0 Å². The normalized spacial score (nSPS) is 10.9. The number of hydrogen-bond donors (Lipinski definition) is 0. The Kier molecular flexibility index (Phi) is 3.32. The Balaban J connectivity index is 1.92. The predicted molar refractivity (Wildman–Crippen MR) is 79.0 cm³/mol. The van der Waals surface area contributed by atoms with Crippen molar-refractivity contribution in [3.63, 3.8) is 0 Å². The van der Waals surface area contributed by atoms with Crippen LogP contribution in [0.15, 0.2) is 36.5 Å². The van der Waals surface area contributed by atoms with Crippen LogP contribution in [0.5, 0.6) is 5.88 Å². The van der Waals surface area contributed by atoms with Gasteiger partial charge in [-0.3, -0.25) is 0 Å². The molecule has 0 N–H and O–H groups in total. The minimum atomic E-state index is 0.376. The summed E-state index contributed by atoms with van der Waals surface area (Å²) in [5, 5.41) is 0.692. The zero-order valence-electron chi connectivity index (χ0n) is 11.3. The van der Waals surface area contributed by atoms with Gasteiger partial charge in [0.25, 0.3) is 0 Å². The summed E-state index contributed by atoms with van der Waals surface area (Å²) >= 11 is 6.12. The molecule has 4 nitrogen and oxygen atoms in total. The first-order chi connectivity index (χ1) is 9.66. The molecule has 2 aromatic heterocycles. The number of nitrogens with zero attached hydrogens (tertiary/aromatic N) is 3. The van der Waals surface area contributed by atoms with Crippen molar-refractivity contribution >= 4 is 22.6 Å². The highest BCUT2D eigenvalue weighted by molar-refractivity contribution is 6.31. The second kappa shape index (κ2) is 5.13. The van der Waals surface area contributed by atoms with E-state index in [-0.39, 0.29) is 0 Å². The van der Waals surface area contributed by atoms with Gasteiger partial charge in [0.15, 0.2) is 5.52 Å². The van der Waals surface area contributed by atoms with E-state index in [1.54, 1.807) is 6.20 Å². The number of fused-ring (bicyclic) bond motifs is 1. The largest absolute Gasteiger partial charge is 0.471 e. The molecule has 0 fully saturated rings. The van der Waals surface area contributed by atoms with Crippen molar-refractivity contribution in [1.82, 2.24) is 14.5 Å². The Morgan fingerprint density at radius 1 is 1.25 bits per heavy atom. The zero-order chi connectivity index (χ0) is 14.1. The van der Waals surface area contributed by atoms with E-state index in [0.29, 0.717) is 17.5 Å². The highest BCUT2D eigenvalue weighted by Crippen LogP contribution is 2.24. The van der Waals surface area contributed by atoms with E-state index >= 15 is 0 Å². The molecule has 0 unspecified atom stereocenters. The number of imidazole rings is 1. The maximum atomic E-state index is 6.12. The number of ether oxygens (including phenoxy) is 1. The molecule has 102 valence electrons. The van der Waals surface area contributed by atoms with E-state index in [1.165, 1.54) is 0 Å². The van der Waals surface area contributed by atoms with Crippen molar-refractivity contribution in [1.29, 1.82) is 0 Å². The quantitative estimate of drug-likeness (QED) is 0.740. The predicted octanol–water partition coefficient (Wildman–Crippen LogP) is 3.51. The van der Waals surface area contributed by atoms with Crippen LogP contribution < -0.4 is 4.74 Å². The number of rotatable bonds is 3. The lowest BCUT2D eigenvalue weighted by molar-refractivity contribution is 0.297. The molecule has 3 rings (SSSR count). The average Bonchev–Trinajstić information content (AvgIpc) is 2.74. The zero-order valence-corrected chi connectivity index (χ0v) is 12.1. The van der Waals surface area contributed by atoms with Gasteiger partial charge in [0.1, 0.15) is 12.4 Å². The molecule has 3 aromatic rings. The first kappa shape index (κ1) is 12.9. The molecule has 0 aliphatic heterocycles. The van der Waals surface area contributed by atoms with E-state index in [0.717, 1.165) is 22.4 Å². The van der Waals surface area contributed by atoms with Crippen molar-refractivity contribution in [3.8, 4) is 5.88 Å². The third kappa shape index (κ3) is 2.23. The maximum absolute atomic E-state index is 6.12. The van der Waals surface area contributed by atoms with Crippen LogP contribution in [-0.2, 0) is 13.7 Å². The smallest absolute Gasteiger partial charge is 0.242 e. The lowest BCUT2D eigenvalue weighted by Gasteiger charge is -2.07. The third-order valence-electron chi connectivity index (χ3n) is 3.31. The van der Waals surface area contributed by atoms with E-state index < -0.39 is 0 Å². The fraction of sp³-hybridized carbons (Fsp3) is 0.200. The minimum Gasteiger partial charge on any atom is -0.471 e. The van der Waals surface area contributed by atoms with Crippen molar-refractivity contribution in [2.24, 2.45) is 7.05 Å². The summed E-state index contributed by atoms with van der Waals surface area (Å²) in [5.41, 5.74) is 2.71. The molecule has 0 aliphatic carbocycles. The average molecular weight is 288 g/mol. The van der Waals surface area contributed by atoms with Crippen LogP contribution in [0.25, 0.3) is 11.0 Å². The van der Waals surface area contributed by atoms with Gasteiger partial charge in [0, 0.05) is 23.8 Å². The van der Waals surface area contributed by atoms with Crippen molar-refractivity contribution in [2.45, 2.75) is 13.5 Å². The van der Waals surface area contributed by atoms with Gasteiger partial charge in [-0.25, -0.2) is 9.97 Å². The standard InChI is InChI=1S/C15H14ClN3O/c1-10-18-14-13(19(10)2)7-8-17-15(14)20-9-11-5-3-4-6-12(11)16/h3-8H,9H2,1-2H3. The Hall–Kier alpha value is -2.07. The SMILES string of the molecule is Cc1nc2c(OCc3ccccc3Cl)nccc2n1C. The van der Waals surface area contributed by atoms with Gasteiger partial charge in [-0.15, -0.1) is 0 Å². The Morgan fingerprint density at radius 3 is 2.85 bits per heavy atom. The van der Waals surface area contributed by atoms with Crippen LogP contribution in [0.3, 0.4) is 0 Å². The van der Waals surface area contributed by atoms with Gasteiger partial charge < -0.3 is 9.30 Å². The fourth-order valence-corrected chi connectivity index (χ4v) is 2.27. The lowest BCUT2D eigenvalue weighted by atomic mass is 10.2. The van der Waals surface area contributed by atoms with E-state index in [1.807, 2.05) is 48.9 Å². The van der Waals surface area contributed by atoms with E-state index in [9.17, 15) is 0 Å². The van der Waals surface area contributed by atoms with Crippen LogP contribution >= 0.6 is 11.6 Å². The molecular formula is C15H14ClN3O. The number of halogens is 1. The molecule has 0 atom stereocenters. The van der Waals surface area contributed by atoms with Crippen molar-refractivity contribution in [3.05, 3.63) is 52.9 Å². The van der Waals surface area contributed by atoms with Crippen molar-refractivity contribution < 1.29 is 4.74 Å². The molecule has 0 amide bonds. The molecule has 0 bridgehead atoms. The second-order valence-corrected chi connectivity index (χ2v) is 4.99. The molecule has 20 heavy (non-hydrogen) atoms. The molecular weight excluding hydrogens is 274 g/mol. The third-order valence-corrected chi connectivity index (χ3v) is 3.68. The van der Waals surface area contributed by atoms with E-state index in [4.69, 9.17) is 16.3 Å². The highest BCUT2D eigenvalue weighted by atomic mass is 35.5. The van der Waals surface area contributed by atoms with Crippen LogP contribution in [0, 0.1) is 6.92 Å². The summed E-state index contributed by atoms with van der Waals surface area (Å²) in [4.78, 5) is 8.75. The summed E-state index contributed by atoms with van der Waals surface area (Å²) in [6.45, 7) is 2.33. The number of hydrogen-bond acceptors (Lipinski definition) is 3. The van der Waals surface area contributed by atoms with E-state index in [2.05, 4.69) is 9.97 Å². The summed E-state index contributed by atoms with van der Waals surface area (Å²) in [5.74, 6) is 1.46. The number of aryl methyl sites for hydroxylation is 2. The van der Waals surface area contributed by atoms with Gasteiger partial charge in [0.2, 0.25) is 5.88 Å².